The van der Waals surface area contributed by atoms with Crippen LogP contribution in [0, 0.1) is 0 Å². The number of nitrogens with one attached hydrogen (secondary N) is 2. The Morgan fingerprint density at radius 2 is 1.72 bits per heavy atom. The minimum Gasteiger partial charge on any atom is -0.476 e. The van der Waals surface area contributed by atoms with Gasteiger partial charge in [-0.1, -0.05) is 23.2 Å². The molecule has 236 valence electrons. The minimum atomic E-state index is -4.82. The van der Waals surface area contributed by atoms with E-state index in [9.17, 15) is 27.9 Å². The number of pyridine rings is 1. The van der Waals surface area contributed by atoms with E-state index in [1.165, 1.54) is 24.4 Å². The Balaban J connectivity index is 1.36. The molecule has 0 aliphatic carbocycles. The van der Waals surface area contributed by atoms with Gasteiger partial charge in [-0.2, -0.15) is 13.2 Å². The molecule has 2 aromatic rings. The van der Waals surface area contributed by atoms with Crippen LogP contribution in [-0.4, -0.2) is 69.6 Å². The van der Waals surface area contributed by atoms with Crippen LogP contribution in [0.25, 0.3) is 0 Å². The number of hydrogen-bond acceptors (Lipinski definition) is 7. The van der Waals surface area contributed by atoms with E-state index in [0.29, 0.717) is 24.2 Å². The summed E-state index contributed by atoms with van der Waals surface area (Å²) in [7, 11) is 0. The molecule has 0 saturated carbocycles. The third-order valence-electron chi connectivity index (χ3n) is 7.77. The monoisotopic (exact) mass is 646 g/mol. The molecule has 0 spiro atoms. The number of piperidine rings is 1. The third-order valence-corrected chi connectivity index (χ3v) is 8.38. The van der Waals surface area contributed by atoms with Crippen molar-refractivity contribution in [2.45, 2.75) is 95.0 Å². The number of amides is 2. The van der Waals surface area contributed by atoms with E-state index in [0.717, 1.165) is 12.8 Å². The van der Waals surface area contributed by atoms with Gasteiger partial charge in [0.2, 0.25) is 0 Å². The highest BCUT2D eigenvalue weighted by atomic mass is 35.5. The van der Waals surface area contributed by atoms with Gasteiger partial charge in [0.25, 0.3) is 11.8 Å². The maximum absolute atomic E-state index is 13.3. The van der Waals surface area contributed by atoms with Crippen LogP contribution >= 0.6 is 23.2 Å². The molecule has 2 aliphatic rings. The van der Waals surface area contributed by atoms with Crippen LogP contribution in [0.2, 0.25) is 10.0 Å². The quantitative estimate of drug-likeness (QED) is 0.310. The molecular weight excluding hydrogens is 612 g/mol. The molecular formula is C29H35Cl2F3N4O5. The van der Waals surface area contributed by atoms with Crippen LogP contribution in [0.15, 0.2) is 30.5 Å². The van der Waals surface area contributed by atoms with Gasteiger partial charge in [-0.05, 0) is 77.6 Å². The van der Waals surface area contributed by atoms with E-state index in [1.54, 1.807) is 33.8 Å². The molecule has 1 aromatic carbocycles. The Labute approximate surface area is 257 Å². The van der Waals surface area contributed by atoms with Gasteiger partial charge in [-0.15, -0.1) is 0 Å². The highest BCUT2D eigenvalue weighted by molar-refractivity contribution is 6.36. The number of hydrogen-bond donors (Lipinski definition) is 4. The predicted octanol–water partition coefficient (Wildman–Crippen LogP) is 4.74. The van der Waals surface area contributed by atoms with E-state index >= 15 is 0 Å². The van der Waals surface area contributed by atoms with E-state index in [-0.39, 0.29) is 45.4 Å². The van der Waals surface area contributed by atoms with Gasteiger partial charge < -0.3 is 30.5 Å². The molecule has 2 unspecified atom stereocenters. The van der Waals surface area contributed by atoms with Gasteiger partial charge in [0, 0.05) is 34.9 Å². The number of benzene rings is 1. The average Bonchev–Trinajstić information content (AvgIpc) is 3.17. The van der Waals surface area contributed by atoms with Crippen molar-refractivity contribution >= 4 is 40.8 Å². The molecule has 4 atom stereocenters. The maximum atomic E-state index is 13.3. The first-order chi connectivity index (χ1) is 19.9. The zero-order valence-electron chi connectivity index (χ0n) is 24.1. The molecule has 3 heterocycles. The molecule has 14 heteroatoms. The molecule has 1 aromatic heterocycles. The van der Waals surface area contributed by atoms with Gasteiger partial charge in [0.05, 0.1) is 22.7 Å². The van der Waals surface area contributed by atoms with Crippen LogP contribution in [0.4, 0.5) is 19.0 Å². The Morgan fingerprint density at radius 3 is 2.26 bits per heavy atom. The van der Waals surface area contributed by atoms with E-state index < -0.39 is 35.9 Å². The summed E-state index contributed by atoms with van der Waals surface area (Å²) < 4.78 is 43.5. The Hall–Kier alpha value is -2.80. The fourth-order valence-electron chi connectivity index (χ4n) is 5.51. The summed E-state index contributed by atoms with van der Waals surface area (Å²) >= 11 is 12.6. The number of aliphatic hydroxyl groups is 2. The van der Waals surface area contributed by atoms with Crippen LogP contribution in [0.3, 0.4) is 0 Å². The standard InChI is InChI=1S/C29H35Cl2F3N4O5/c1-27(2,42)19-11-22(21(31)12-20(19)30)43-28(3,4)26(41)37-16-9-17-6-7-18(10-16)38(17)24-8-5-15(13-35-24)25(40)36-14-23(39)29(32,33)34/h5,8,11-13,16-18,23,39,42H,6-7,9-10,14H2,1-4H3,(H,36,40)(H,37,41)/t16?,17-,18+,23?. The second-order valence-electron chi connectivity index (χ2n) is 12.0. The molecule has 0 radical (unpaired) electrons. The highest BCUT2D eigenvalue weighted by Gasteiger charge is 2.43. The molecule has 2 saturated heterocycles. The van der Waals surface area contributed by atoms with Crippen LogP contribution < -0.4 is 20.3 Å². The summed E-state index contributed by atoms with van der Waals surface area (Å²) in [5, 5.41) is 25.2. The summed E-state index contributed by atoms with van der Waals surface area (Å²) in [6, 6.07) is 6.18. The molecule has 2 fully saturated rings. The zero-order valence-corrected chi connectivity index (χ0v) is 25.6. The second kappa shape index (κ2) is 12.3. The number of fused-ring (bicyclic) bond motifs is 2. The summed E-state index contributed by atoms with van der Waals surface area (Å²) in [5.41, 5.74) is -2.05. The zero-order chi connectivity index (χ0) is 31.9. The van der Waals surface area contributed by atoms with Gasteiger partial charge in [-0.25, -0.2) is 4.98 Å². The number of carbonyl (C=O) groups is 2. The predicted molar refractivity (Wildman–Crippen MR) is 155 cm³/mol. The fourth-order valence-corrected chi connectivity index (χ4v) is 6.16. The smallest absolute Gasteiger partial charge is 0.416 e. The van der Waals surface area contributed by atoms with Crippen molar-refractivity contribution in [1.29, 1.82) is 0 Å². The molecule has 2 bridgehead atoms. The van der Waals surface area contributed by atoms with E-state index in [4.69, 9.17) is 33.0 Å². The summed E-state index contributed by atoms with van der Waals surface area (Å²) in [6.45, 7) is 5.47. The first-order valence-electron chi connectivity index (χ1n) is 13.9. The van der Waals surface area contributed by atoms with Crippen molar-refractivity contribution in [3.8, 4) is 5.75 Å². The first-order valence-corrected chi connectivity index (χ1v) is 14.6. The summed E-state index contributed by atoms with van der Waals surface area (Å²) in [5.74, 6) is -0.246. The largest absolute Gasteiger partial charge is 0.476 e. The van der Waals surface area contributed by atoms with Crippen molar-refractivity contribution in [2.24, 2.45) is 0 Å². The Bertz CT molecular complexity index is 1340. The Kier molecular flexibility index (Phi) is 9.47. The maximum Gasteiger partial charge on any atom is 0.416 e. The number of halogens is 5. The van der Waals surface area contributed by atoms with Crippen LogP contribution in [0.1, 0.15) is 69.3 Å². The number of alkyl halides is 3. The number of carbonyl (C=O) groups excluding carboxylic acids is 2. The number of anilines is 1. The fraction of sp³-hybridized carbons (Fsp3) is 0.552. The minimum absolute atomic E-state index is 0.0744. The van der Waals surface area contributed by atoms with Gasteiger partial charge in [0.1, 0.15) is 11.6 Å². The number of ether oxygens (including phenoxy) is 1. The van der Waals surface area contributed by atoms with Crippen LogP contribution in [0.5, 0.6) is 5.75 Å². The highest BCUT2D eigenvalue weighted by Crippen LogP contribution is 2.40. The van der Waals surface area contributed by atoms with E-state index in [2.05, 4.69) is 20.5 Å². The summed E-state index contributed by atoms with van der Waals surface area (Å²) in [4.78, 5) is 32.1. The second-order valence-corrected chi connectivity index (χ2v) is 12.9. The van der Waals surface area contributed by atoms with Crippen molar-refractivity contribution in [2.75, 3.05) is 11.4 Å². The average molecular weight is 648 g/mol. The Morgan fingerprint density at radius 1 is 1.09 bits per heavy atom. The topological polar surface area (TPSA) is 124 Å². The SMILES string of the molecule is CC(C)(Oc1cc(C(C)(C)O)c(Cl)cc1Cl)C(=O)NC1C[C@H]2CC[C@@H](C1)N2c1ccc(C(=O)NCC(O)C(F)(F)F)cn1. The van der Waals surface area contributed by atoms with Gasteiger partial charge in [0.15, 0.2) is 11.7 Å². The number of aromatic nitrogens is 1. The van der Waals surface area contributed by atoms with Crippen molar-refractivity contribution in [3.05, 3.63) is 51.6 Å². The lowest BCUT2D eigenvalue weighted by atomic mass is 9.96. The van der Waals surface area contributed by atoms with Crippen molar-refractivity contribution in [3.63, 3.8) is 0 Å². The molecule has 2 amide bonds. The molecule has 2 aliphatic heterocycles. The van der Waals surface area contributed by atoms with Crippen molar-refractivity contribution in [1.82, 2.24) is 15.6 Å². The van der Waals surface area contributed by atoms with Gasteiger partial charge >= 0.3 is 6.18 Å². The molecule has 4 N–H and O–H groups in total. The third kappa shape index (κ3) is 7.65. The number of rotatable bonds is 9. The first kappa shape index (κ1) is 33.1. The number of aliphatic hydroxyl groups excluding tert-OH is 1. The molecule has 43 heavy (non-hydrogen) atoms. The molecule has 9 nitrogen and oxygen atoms in total. The number of nitrogens with zero attached hydrogens (tertiary/aromatic N) is 2. The lowest BCUT2D eigenvalue weighted by molar-refractivity contribution is -0.201. The van der Waals surface area contributed by atoms with Gasteiger partial charge in [-0.3, -0.25) is 9.59 Å². The summed E-state index contributed by atoms with van der Waals surface area (Å²) in [6.07, 6.45) is -3.10. The lowest BCUT2D eigenvalue weighted by Gasteiger charge is -2.41. The van der Waals surface area contributed by atoms with E-state index in [1.807, 2.05) is 0 Å². The van der Waals surface area contributed by atoms with Crippen molar-refractivity contribution < 1.29 is 37.7 Å². The lowest BCUT2D eigenvalue weighted by Crippen LogP contribution is -2.55. The normalized spacial score (nSPS) is 21.4. The molecule has 4 rings (SSSR count). The van der Waals surface area contributed by atoms with Crippen LogP contribution in [-0.2, 0) is 10.4 Å².